The Bertz CT molecular complexity index is 882. The maximum atomic E-state index is 4.63. The molecule has 0 saturated carbocycles. The van der Waals surface area contributed by atoms with Crippen molar-refractivity contribution in [3.8, 4) is 11.3 Å². The van der Waals surface area contributed by atoms with Crippen LogP contribution in [-0.4, -0.2) is 19.6 Å². The number of thiophene rings is 1. The van der Waals surface area contributed by atoms with Gasteiger partial charge in [0.25, 0.3) is 5.78 Å². The molecule has 1 aromatic carbocycles. The fourth-order valence-electron chi connectivity index (χ4n) is 2.47. The summed E-state index contributed by atoms with van der Waals surface area (Å²) in [7, 11) is 0. The molecule has 4 aromatic rings. The SMILES string of the molecule is c1ccc(CCc2nc3nccc(-c4ccsc4)n3n2)cc1. The van der Waals surface area contributed by atoms with Crippen LogP contribution in [0.15, 0.2) is 59.4 Å². The minimum Gasteiger partial charge on any atom is -0.220 e. The summed E-state index contributed by atoms with van der Waals surface area (Å²) >= 11 is 1.68. The number of hydrogen-bond donors (Lipinski definition) is 0. The number of aryl methyl sites for hydroxylation is 2. The first-order valence-corrected chi connectivity index (χ1v) is 8.11. The molecule has 22 heavy (non-hydrogen) atoms. The molecule has 0 aliphatic carbocycles. The molecule has 4 nitrogen and oxygen atoms in total. The second kappa shape index (κ2) is 5.69. The van der Waals surface area contributed by atoms with Crippen LogP contribution in [0.5, 0.6) is 0 Å². The summed E-state index contributed by atoms with van der Waals surface area (Å²) in [6.45, 7) is 0. The fraction of sp³-hybridized carbons (Fsp3) is 0.118. The highest BCUT2D eigenvalue weighted by Gasteiger charge is 2.10. The zero-order valence-corrected chi connectivity index (χ0v) is 12.7. The van der Waals surface area contributed by atoms with Gasteiger partial charge in [0.1, 0.15) is 0 Å². The Labute approximate surface area is 132 Å². The molecular formula is C17H14N4S. The van der Waals surface area contributed by atoms with Gasteiger partial charge in [0.15, 0.2) is 5.82 Å². The largest absolute Gasteiger partial charge is 0.252 e. The summed E-state index contributed by atoms with van der Waals surface area (Å²) in [6.07, 6.45) is 3.54. The Morgan fingerprint density at radius 1 is 1.00 bits per heavy atom. The first-order valence-electron chi connectivity index (χ1n) is 7.17. The van der Waals surface area contributed by atoms with Gasteiger partial charge in [0.2, 0.25) is 0 Å². The summed E-state index contributed by atoms with van der Waals surface area (Å²) in [6, 6.07) is 14.5. The van der Waals surface area contributed by atoms with Gasteiger partial charge in [-0.25, -0.2) is 4.98 Å². The van der Waals surface area contributed by atoms with E-state index >= 15 is 0 Å². The molecule has 0 saturated heterocycles. The molecule has 0 radical (unpaired) electrons. The summed E-state index contributed by atoms with van der Waals surface area (Å²) in [4.78, 5) is 8.86. The lowest BCUT2D eigenvalue weighted by molar-refractivity contribution is 0.838. The number of benzene rings is 1. The van der Waals surface area contributed by atoms with Gasteiger partial charge in [-0.3, -0.25) is 0 Å². The van der Waals surface area contributed by atoms with E-state index in [0.717, 1.165) is 29.9 Å². The molecule has 0 unspecified atom stereocenters. The first kappa shape index (κ1) is 13.2. The van der Waals surface area contributed by atoms with E-state index < -0.39 is 0 Å². The Hall–Kier alpha value is -2.53. The molecule has 4 rings (SSSR count). The van der Waals surface area contributed by atoms with Gasteiger partial charge >= 0.3 is 0 Å². The van der Waals surface area contributed by atoms with E-state index in [1.54, 1.807) is 17.5 Å². The number of nitrogens with zero attached hydrogens (tertiary/aromatic N) is 4. The number of hydrogen-bond acceptors (Lipinski definition) is 4. The van der Waals surface area contributed by atoms with E-state index in [1.807, 2.05) is 16.6 Å². The quantitative estimate of drug-likeness (QED) is 0.578. The van der Waals surface area contributed by atoms with Crippen molar-refractivity contribution in [3.05, 3.63) is 70.8 Å². The Morgan fingerprint density at radius 3 is 2.73 bits per heavy atom. The predicted molar refractivity (Wildman–Crippen MR) is 87.9 cm³/mol. The van der Waals surface area contributed by atoms with Crippen LogP contribution < -0.4 is 0 Å². The van der Waals surface area contributed by atoms with Gasteiger partial charge in [-0.05, 0) is 29.5 Å². The van der Waals surface area contributed by atoms with E-state index in [1.165, 1.54) is 5.56 Å². The molecule has 0 bridgehead atoms. The van der Waals surface area contributed by atoms with Crippen molar-refractivity contribution >= 4 is 17.1 Å². The van der Waals surface area contributed by atoms with Gasteiger partial charge in [-0.1, -0.05) is 30.3 Å². The van der Waals surface area contributed by atoms with Crippen LogP contribution in [0, 0.1) is 0 Å². The smallest absolute Gasteiger partial charge is 0.220 e. The van der Waals surface area contributed by atoms with Crippen LogP contribution in [0.1, 0.15) is 11.4 Å². The molecule has 5 heteroatoms. The van der Waals surface area contributed by atoms with Gasteiger partial charge in [0, 0.05) is 23.6 Å². The van der Waals surface area contributed by atoms with Crippen molar-refractivity contribution in [1.29, 1.82) is 0 Å². The van der Waals surface area contributed by atoms with Gasteiger partial charge in [-0.15, -0.1) is 5.10 Å². The molecule has 3 aromatic heterocycles. The van der Waals surface area contributed by atoms with E-state index in [9.17, 15) is 0 Å². The molecule has 0 N–H and O–H groups in total. The summed E-state index contributed by atoms with van der Waals surface area (Å²) in [5.41, 5.74) is 3.48. The monoisotopic (exact) mass is 306 g/mol. The molecule has 0 amide bonds. The average molecular weight is 306 g/mol. The Balaban J connectivity index is 1.65. The van der Waals surface area contributed by atoms with Gasteiger partial charge in [-0.2, -0.15) is 20.8 Å². The normalized spacial score (nSPS) is 11.1. The highest BCUT2D eigenvalue weighted by atomic mass is 32.1. The molecule has 0 aliphatic rings. The standard InChI is InChI=1S/C17H14N4S/c1-2-4-13(5-3-1)6-7-16-19-17-18-10-8-15(21(17)20-16)14-9-11-22-12-14/h1-5,8-12H,6-7H2. The van der Waals surface area contributed by atoms with Crippen molar-refractivity contribution in [2.45, 2.75) is 12.8 Å². The summed E-state index contributed by atoms with van der Waals surface area (Å²) < 4.78 is 1.84. The van der Waals surface area contributed by atoms with Gasteiger partial charge < -0.3 is 0 Å². The maximum absolute atomic E-state index is 4.63. The minimum atomic E-state index is 0.659. The van der Waals surface area contributed by atoms with Crippen molar-refractivity contribution in [2.24, 2.45) is 0 Å². The van der Waals surface area contributed by atoms with Crippen molar-refractivity contribution in [2.75, 3.05) is 0 Å². The molecule has 0 fully saturated rings. The van der Waals surface area contributed by atoms with E-state index in [4.69, 9.17) is 0 Å². The second-order valence-corrected chi connectivity index (χ2v) is 5.85. The number of aromatic nitrogens is 4. The maximum Gasteiger partial charge on any atom is 0.252 e. The Kier molecular flexibility index (Phi) is 3.40. The van der Waals surface area contributed by atoms with E-state index in [-0.39, 0.29) is 0 Å². The minimum absolute atomic E-state index is 0.659. The molecule has 0 spiro atoms. The topological polar surface area (TPSA) is 43.1 Å². The average Bonchev–Trinajstić information content (AvgIpc) is 3.22. The molecule has 0 atom stereocenters. The highest BCUT2D eigenvalue weighted by Crippen LogP contribution is 2.21. The van der Waals surface area contributed by atoms with Crippen LogP contribution in [0.3, 0.4) is 0 Å². The lowest BCUT2D eigenvalue weighted by Crippen LogP contribution is -1.96. The molecule has 108 valence electrons. The first-order chi connectivity index (χ1) is 10.9. The molecular weight excluding hydrogens is 292 g/mol. The summed E-state index contributed by atoms with van der Waals surface area (Å²) in [5, 5.41) is 8.81. The third-order valence-electron chi connectivity index (χ3n) is 3.58. The molecule has 0 aliphatic heterocycles. The zero-order valence-electron chi connectivity index (χ0n) is 11.9. The summed E-state index contributed by atoms with van der Waals surface area (Å²) in [5.74, 6) is 1.49. The number of rotatable bonds is 4. The Morgan fingerprint density at radius 2 is 1.91 bits per heavy atom. The van der Waals surface area contributed by atoms with Crippen LogP contribution in [0.25, 0.3) is 17.0 Å². The van der Waals surface area contributed by atoms with Crippen LogP contribution in [0.2, 0.25) is 0 Å². The van der Waals surface area contributed by atoms with Crippen LogP contribution >= 0.6 is 11.3 Å². The van der Waals surface area contributed by atoms with Gasteiger partial charge in [0.05, 0.1) is 5.69 Å². The van der Waals surface area contributed by atoms with Crippen molar-refractivity contribution < 1.29 is 0 Å². The lowest BCUT2D eigenvalue weighted by Gasteiger charge is -1.99. The second-order valence-electron chi connectivity index (χ2n) is 5.07. The third-order valence-corrected chi connectivity index (χ3v) is 4.26. The third kappa shape index (κ3) is 2.51. The highest BCUT2D eigenvalue weighted by molar-refractivity contribution is 7.08. The number of fused-ring (bicyclic) bond motifs is 1. The van der Waals surface area contributed by atoms with Crippen molar-refractivity contribution in [1.82, 2.24) is 19.6 Å². The van der Waals surface area contributed by atoms with E-state index in [2.05, 4.69) is 56.2 Å². The lowest BCUT2D eigenvalue weighted by atomic mass is 10.1. The van der Waals surface area contributed by atoms with Crippen molar-refractivity contribution in [3.63, 3.8) is 0 Å². The molecule has 3 heterocycles. The fourth-order valence-corrected chi connectivity index (χ4v) is 3.12. The van der Waals surface area contributed by atoms with E-state index in [0.29, 0.717) is 5.78 Å². The zero-order chi connectivity index (χ0) is 14.8. The van der Waals surface area contributed by atoms with Crippen LogP contribution in [0.4, 0.5) is 0 Å². The van der Waals surface area contributed by atoms with Crippen LogP contribution in [-0.2, 0) is 12.8 Å². The predicted octanol–water partition coefficient (Wildman–Crippen LogP) is 3.64.